The van der Waals surface area contributed by atoms with Gasteiger partial charge in [0.15, 0.2) is 5.78 Å². The molecule has 0 bridgehead atoms. The van der Waals surface area contributed by atoms with E-state index in [1.807, 2.05) is 0 Å². The van der Waals surface area contributed by atoms with Crippen molar-refractivity contribution >= 4 is 11.8 Å². The van der Waals surface area contributed by atoms with Gasteiger partial charge in [-0.1, -0.05) is 6.42 Å². The van der Waals surface area contributed by atoms with Gasteiger partial charge in [-0.25, -0.2) is 4.79 Å². The average Bonchev–Trinajstić information content (AvgIpc) is 2.46. The third-order valence-corrected chi connectivity index (χ3v) is 3.87. The second-order valence-electron chi connectivity index (χ2n) is 5.32. The maximum atomic E-state index is 12.1. The Kier molecular flexibility index (Phi) is 4.84. The number of piperidine rings is 1. The summed E-state index contributed by atoms with van der Waals surface area (Å²) in [5.41, 5.74) is 0.441. The Hall–Kier alpha value is -1.75. The maximum Gasteiger partial charge on any atom is 0.337 e. The minimum absolute atomic E-state index is 0.0432. The van der Waals surface area contributed by atoms with E-state index in [-0.39, 0.29) is 11.3 Å². The number of carboxylic acids is 1. The zero-order valence-electron chi connectivity index (χ0n) is 11.7. The SMILES string of the molecule is CC1CCCCN1CCC(=O)c1cncc(C(=O)O)c1. The lowest BCUT2D eigenvalue weighted by Gasteiger charge is -2.33. The first-order valence-corrected chi connectivity index (χ1v) is 7.03. The Bertz CT molecular complexity index is 502. The normalized spacial score (nSPS) is 19.8. The lowest BCUT2D eigenvalue weighted by Crippen LogP contribution is -2.38. The molecule has 1 N–H and O–H groups in total. The quantitative estimate of drug-likeness (QED) is 0.835. The number of rotatable bonds is 5. The van der Waals surface area contributed by atoms with Crippen LogP contribution in [0.1, 0.15) is 53.3 Å². The van der Waals surface area contributed by atoms with E-state index in [2.05, 4.69) is 16.8 Å². The second-order valence-corrected chi connectivity index (χ2v) is 5.32. The lowest BCUT2D eigenvalue weighted by atomic mass is 10.0. The number of hydrogen-bond acceptors (Lipinski definition) is 4. The van der Waals surface area contributed by atoms with Gasteiger partial charge in [-0.3, -0.25) is 9.78 Å². The van der Waals surface area contributed by atoms with E-state index in [4.69, 9.17) is 5.11 Å². The van der Waals surface area contributed by atoms with Crippen LogP contribution in [0.4, 0.5) is 0 Å². The number of pyridine rings is 1. The van der Waals surface area contributed by atoms with Gasteiger partial charge in [0.1, 0.15) is 0 Å². The monoisotopic (exact) mass is 276 g/mol. The fourth-order valence-corrected chi connectivity index (χ4v) is 2.59. The maximum absolute atomic E-state index is 12.1. The topological polar surface area (TPSA) is 70.5 Å². The van der Waals surface area contributed by atoms with Crippen LogP contribution < -0.4 is 0 Å². The highest BCUT2D eigenvalue weighted by atomic mass is 16.4. The van der Waals surface area contributed by atoms with Crippen LogP contribution in [0, 0.1) is 0 Å². The summed E-state index contributed by atoms with van der Waals surface area (Å²) in [5, 5.41) is 8.90. The van der Waals surface area contributed by atoms with Crippen molar-refractivity contribution in [3.8, 4) is 0 Å². The Morgan fingerprint density at radius 3 is 2.80 bits per heavy atom. The van der Waals surface area contributed by atoms with Crippen LogP contribution in [0.15, 0.2) is 18.5 Å². The third kappa shape index (κ3) is 3.63. The van der Waals surface area contributed by atoms with Gasteiger partial charge in [-0.05, 0) is 32.4 Å². The van der Waals surface area contributed by atoms with E-state index >= 15 is 0 Å². The van der Waals surface area contributed by atoms with Crippen molar-refractivity contribution in [2.45, 2.75) is 38.6 Å². The van der Waals surface area contributed by atoms with Gasteiger partial charge < -0.3 is 10.0 Å². The minimum atomic E-state index is -1.06. The van der Waals surface area contributed by atoms with Crippen molar-refractivity contribution in [1.82, 2.24) is 9.88 Å². The number of aromatic nitrogens is 1. The molecule has 1 unspecified atom stereocenters. The first-order chi connectivity index (χ1) is 9.58. The van der Waals surface area contributed by atoms with E-state index in [0.29, 0.717) is 18.0 Å². The van der Waals surface area contributed by atoms with Gasteiger partial charge >= 0.3 is 5.97 Å². The molecule has 1 aliphatic rings. The Balaban J connectivity index is 1.94. The van der Waals surface area contributed by atoms with E-state index in [1.165, 1.54) is 37.7 Å². The molecule has 0 radical (unpaired) electrons. The zero-order valence-corrected chi connectivity index (χ0v) is 11.7. The summed E-state index contributed by atoms with van der Waals surface area (Å²) in [4.78, 5) is 29.1. The van der Waals surface area contributed by atoms with Gasteiger partial charge in [0.2, 0.25) is 0 Å². The molecular formula is C15H20N2O3. The number of ketones is 1. The van der Waals surface area contributed by atoms with Gasteiger partial charge in [-0.2, -0.15) is 0 Å². The summed E-state index contributed by atoms with van der Waals surface area (Å²) in [6, 6.07) is 1.93. The molecule has 1 fully saturated rings. The molecule has 1 aromatic heterocycles. The molecule has 0 aliphatic carbocycles. The smallest absolute Gasteiger partial charge is 0.337 e. The van der Waals surface area contributed by atoms with Crippen molar-refractivity contribution in [2.75, 3.05) is 13.1 Å². The van der Waals surface area contributed by atoms with E-state index in [9.17, 15) is 9.59 Å². The molecule has 1 atom stereocenters. The van der Waals surface area contributed by atoms with Crippen LogP contribution in [-0.2, 0) is 0 Å². The first kappa shape index (κ1) is 14.7. The van der Waals surface area contributed by atoms with Gasteiger partial charge in [0, 0.05) is 37.0 Å². The summed E-state index contributed by atoms with van der Waals surface area (Å²) in [7, 11) is 0. The van der Waals surface area contributed by atoms with Gasteiger partial charge in [0.25, 0.3) is 0 Å². The summed E-state index contributed by atoms with van der Waals surface area (Å²) in [5.74, 6) is -1.10. The number of Topliss-reactive ketones (excluding diaryl/α,β-unsaturated/α-hetero) is 1. The van der Waals surface area contributed by atoms with Crippen molar-refractivity contribution < 1.29 is 14.7 Å². The molecule has 108 valence electrons. The molecule has 20 heavy (non-hydrogen) atoms. The summed E-state index contributed by atoms with van der Waals surface area (Å²) < 4.78 is 0. The number of carboxylic acid groups (broad SMARTS) is 1. The predicted molar refractivity (Wildman–Crippen MR) is 75.0 cm³/mol. The van der Waals surface area contributed by atoms with Crippen LogP contribution in [0.2, 0.25) is 0 Å². The Morgan fingerprint density at radius 2 is 2.10 bits per heavy atom. The molecule has 0 aromatic carbocycles. The molecule has 1 aromatic rings. The first-order valence-electron chi connectivity index (χ1n) is 7.03. The van der Waals surface area contributed by atoms with Crippen LogP contribution >= 0.6 is 0 Å². The third-order valence-electron chi connectivity index (χ3n) is 3.87. The number of likely N-dealkylation sites (tertiary alicyclic amines) is 1. The molecule has 0 saturated carbocycles. The van der Waals surface area contributed by atoms with E-state index in [1.54, 1.807) is 0 Å². The number of nitrogens with zero attached hydrogens (tertiary/aromatic N) is 2. The predicted octanol–water partition coefficient (Wildman–Crippen LogP) is 2.23. The van der Waals surface area contributed by atoms with Crippen molar-refractivity contribution in [2.24, 2.45) is 0 Å². The van der Waals surface area contributed by atoms with Crippen molar-refractivity contribution in [3.05, 3.63) is 29.6 Å². The van der Waals surface area contributed by atoms with Crippen LogP contribution in [0.25, 0.3) is 0 Å². The molecule has 1 aliphatic heterocycles. The molecule has 5 heteroatoms. The number of carbonyl (C=O) groups is 2. The molecule has 0 spiro atoms. The summed E-state index contributed by atoms with van der Waals surface area (Å²) in [6.07, 6.45) is 6.74. The highest BCUT2D eigenvalue weighted by Gasteiger charge is 2.19. The standard InChI is InChI=1S/C15H20N2O3/c1-11-4-2-3-6-17(11)7-5-14(18)12-8-13(15(19)20)10-16-9-12/h8-11H,2-7H2,1H3,(H,19,20). The summed E-state index contributed by atoms with van der Waals surface area (Å²) >= 11 is 0. The molecule has 1 saturated heterocycles. The van der Waals surface area contributed by atoms with Crippen molar-refractivity contribution in [3.63, 3.8) is 0 Å². The largest absolute Gasteiger partial charge is 0.478 e. The second kappa shape index (κ2) is 6.61. The fourth-order valence-electron chi connectivity index (χ4n) is 2.59. The minimum Gasteiger partial charge on any atom is -0.478 e. The summed E-state index contributed by atoms with van der Waals surface area (Å²) in [6.45, 7) is 3.97. The fraction of sp³-hybridized carbons (Fsp3) is 0.533. The van der Waals surface area contributed by atoms with Crippen LogP contribution in [0.3, 0.4) is 0 Å². The van der Waals surface area contributed by atoms with E-state index < -0.39 is 5.97 Å². The number of carbonyl (C=O) groups excluding carboxylic acids is 1. The molecular weight excluding hydrogens is 256 g/mol. The van der Waals surface area contributed by atoms with E-state index in [0.717, 1.165) is 13.1 Å². The highest BCUT2D eigenvalue weighted by Crippen LogP contribution is 2.17. The average molecular weight is 276 g/mol. The molecule has 2 rings (SSSR count). The Morgan fingerprint density at radius 1 is 1.35 bits per heavy atom. The number of aromatic carboxylic acids is 1. The number of hydrogen-bond donors (Lipinski definition) is 1. The molecule has 5 nitrogen and oxygen atoms in total. The zero-order chi connectivity index (χ0) is 14.5. The van der Waals surface area contributed by atoms with Crippen molar-refractivity contribution in [1.29, 1.82) is 0 Å². The highest BCUT2D eigenvalue weighted by molar-refractivity contribution is 5.98. The van der Waals surface area contributed by atoms with Gasteiger partial charge in [-0.15, -0.1) is 0 Å². The molecule has 0 amide bonds. The van der Waals surface area contributed by atoms with Crippen LogP contribution in [0.5, 0.6) is 0 Å². The molecule has 2 heterocycles. The van der Waals surface area contributed by atoms with Crippen LogP contribution in [-0.4, -0.2) is 45.9 Å². The van der Waals surface area contributed by atoms with Gasteiger partial charge in [0.05, 0.1) is 5.56 Å². The Labute approximate surface area is 118 Å². The lowest BCUT2D eigenvalue weighted by molar-refractivity contribution is 0.0696.